The molecule has 0 aromatic carbocycles. The summed E-state index contributed by atoms with van der Waals surface area (Å²) in [7, 11) is 1.23. The van der Waals surface area contributed by atoms with Gasteiger partial charge in [0, 0.05) is 5.56 Å². The normalized spacial score (nSPS) is 12.6. The van der Waals surface area contributed by atoms with E-state index in [9.17, 15) is 9.90 Å². The SMILES string of the molecule is COC(=O)C(O)c1cc(C)oc1C. The monoisotopic (exact) mass is 184 g/mol. The van der Waals surface area contributed by atoms with Crippen LogP contribution < -0.4 is 0 Å². The molecule has 0 radical (unpaired) electrons. The van der Waals surface area contributed by atoms with E-state index in [0.29, 0.717) is 17.1 Å². The van der Waals surface area contributed by atoms with Crippen LogP contribution in [0.5, 0.6) is 0 Å². The first kappa shape index (κ1) is 9.80. The first-order valence-corrected chi connectivity index (χ1v) is 3.89. The molecule has 1 unspecified atom stereocenters. The van der Waals surface area contributed by atoms with Crippen LogP contribution in [0.4, 0.5) is 0 Å². The lowest BCUT2D eigenvalue weighted by Gasteiger charge is -2.05. The molecular weight excluding hydrogens is 172 g/mol. The van der Waals surface area contributed by atoms with Crippen LogP contribution >= 0.6 is 0 Å². The molecule has 1 N–H and O–H groups in total. The summed E-state index contributed by atoms with van der Waals surface area (Å²) < 4.78 is 9.56. The lowest BCUT2D eigenvalue weighted by molar-refractivity contribution is -0.150. The standard InChI is InChI=1S/C9H12O4/c1-5-4-7(6(2)13-5)8(10)9(11)12-3/h4,8,10H,1-3H3. The van der Waals surface area contributed by atoms with Gasteiger partial charge in [0.15, 0.2) is 6.10 Å². The van der Waals surface area contributed by atoms with E-state index in [1.165, 1.54) is 7.11 Å². The number of rotatable bonds is 2. The molecule has 4 heteroatoms. The van der Waals surface area contributed by atoms with Crippen LogP contribution in [0, 0.1) is 13.8 Å². The van der Waals surface area contributed by atoms with Gasteiger partial charge in [-0.1, -0.05) is 0 Å². The zero-order valence-electron chi connectivity index (χ0n) is 7.83. The summed E-state index contributed by atoms with van der Waals surface area (Å²) in [5.41, 5.74) is 0.462. The first-order valence-electron chi connectivity index (χ1n) is 3.89. The van der Waals surface area contributed by atoms with Gasteiger partial charge in [-0.05, 0) is 19.9 Å². The van der Waals surface area contributed by atoms with Gasteiger partial charge >= 0.3 is 5.97 Å². The molecule has 4 nitrogen and oxygen atoms in total. The lowest BCUT2D eigenvalue weighted by atomic mass is 10.1. The average Bonchev–Trinajstić information content (AvgIpc) is 2.42. The maximum atomic E-state index is 11.0. The van der Waals surface area contributed by atoms with Crippen molar-refractivity contribution in [3.05, 3.63) is 23.2 Å². The van der Waals surface area contributed by atoms with Crippen LogP contribution in [-0.4, -0.2) is 18.2 Å². The largest absolute Gasteiger partial charge is 0.467 e. The quantitative estimate of drug-likeness (QED) is 0.699. The number of carbonyl (C=O) groups is 1. The Kier molecular flexibility index (Phi) is 2.72. The van der Waals surface area contributed by atoms with Crippen molar-refractivity contribution in [2.24, 2.45) is 0 Å². The van der Waals surface area contributed by atoms with Crippen LogP contribution in [0.25, 0.3) is 0 Å². The van der Waals surface area contributed by atoms with Crippen molar-refractivity contribution in [2.45, 2.75) is 20.0 Å². The van der Waals surface area contributed by atoms with Crippen molar-refractivity contribution in [1.29, 1.82) is 0 Å². The highest BCUT2D eigenvalue weighted by Gasteiger charge is 2.22. The van der Waals surface area contributed by atoms with Crippen molar-refractivity contribution in [3.63, 3.8) is 0 Å². The smallest absolute Gasteiger partial charge is 0.339 e. The second-order valence-electron chi connectivity index (χ2n) is 2.79. The third-order valence-electron chi connectivity index (χ3n) is 1.80. The van der Waals surface area contributed by atoms with Gasteiger partial charge in [0.2, 0.25) is 0 Å². The molecule has 0 amide bonds. The number of aliphatic hydroxyl groups is 1. The molecule has 0 aliphatic carbocycles. The van der Waals surface area contributed by atoms with E-state index in [2.05, 4.69) is 4.74 Å². The Morgan fingerprint density at radius 1 is 1.62 bits per heavy atom. The molecule has 1 aromatic rings. The van der Waals surface area contributed by atoms with Gasteiger partial charge in [-0.3, -0.25) is 0 Å². The highest BCUT2D eigenvalue weighted by molar-refractivity contribution is 5.76. The summed E-state index contributed by atoms with van der Waals surface area (Å²) in [6.45, 7) is 3.44. The lowest BCUT2D eigenvalue weighted by Crippen LogP contribution is -2.13. The van der Waals surface area contributed by atoms with Crippen molar-refractivity contribution < 1.29 is 19.1 Å². The van der Waals surface area contributed by atoms with Gasteiger partial charge < -0.3 is 14.3 Å². The Bertz CT molecular complexity index is 313. The number of methoxy groups -OCH3 is 1. The number of furan rings is 1. The fraction of sp³-hybridized carbons (Fsp3) is 0.444. The maximum Gasteiger partial charge on any atom is 0.339 e. The summed E-state index contributed by atoms with van der Waals surface area (Å²) in [6.07, 6.45) is -1.25. The Labute approximate surface area is 76.1 Å². The summed E-state index contributed by atoms with van der Waals surface area (Å²) in [4.78, 5) is 11.0. The highest BCUT2D eigenvalue weighted by atomic mass is 16.5. The van der Waals surface area contributed by atoms with E-state index in [4.69, 9.17) is 4.42 Å². The van der Waals surface area contributed by atoms with Crippen LogP contribution in [0.2, 0.25) is 0 Å². The molecule has 0 saturated carbocycles. The van der Waals surface area contributed by atoms with E-state index >= 15 is 0 Å². The van der Waals surface area contributed by atoms with Gasteiger partial charge in [-0.15, -0.1) is 0 Å². The Morgan fingerprint density at radius 2 is 2.23 bits per heavy atom. The zero-order valence-corrected chi connectivity index (χ0v) is 7.83. The molecule has 1 aromatic heterocycles. The van der Waals surface area contributed by atoms with Crippen molar-refractivity contribution >= 4 is 5.97 Å². The summed E-state index contributed by atoms with van der Waals surface area (Å²) in [5.74, 6) is 0.523. The third-order valence-corrected chi connectivity index (χ3v) is 1.80. The number of hydrogen-bond donors (Lipinski definition) is 1. The molecule has 0 aliphatic heterocycles. The van der Waals surface area contributed by atoms with E-state index in [1.54, 1.807) is 19.9 Å². The topological polar surface area (TPSA) is 59.7 Å². The predicted octanol–water partition coefficient (Wildman–Crippen LogP) is 1.10. The number of aliphatic hydroxyl groups excluding tert-OH is 1. The molecule has 1 rings (SSSR count). The van der Waals surface area contributed by atoms with Gasteiger partial charge in [-0.25, -0.2) is 4.79 Å². The van der Waals surface area contributed by atoms with Gasteiger partial charge in [0.1, 0.15) is 11.5 Å². The summed E-state index contributed by atoms with van der Waals surface area (Å²) in [5, 5.41) is 9.45. The number of aryl methyl sites for hydroxylation is 2. The van der Waals surface area contributed by atoms with E-state index in [0.717, 1.165) is 0 Å². The van der Waals surface area contributed by atoms with Gasteiger partial charge in [0.25, 0.3) is 0 Å². The molecule has 0 spiro atoms. The van der Waals surface area contributed by atoms with Crippen LogP contribution in [0.1, 0.15) is 23.2 Å². The molecule has 1 atom stereocenters. The van der Waals surface area contributed by atoms with Crippen LogP contribution in [0.15, 0.2) is 10.5 Å². The third kappa shape index (κ3) is 1.89. The van der Waals surface area contributed by atoms with Gasteiger partial charge in [-0.2, -0.15) is 0 Å². The van der Waals surface area contributed by atoms with E-state index in [1.807, 2.05) is 0 Å². The maximum absolute atomic E-state index is 11.0. The first-order chi connectivity index (χ1) is 6.06. The van der Waals surface area contributed by atoms with Crippen molar-refractivity contribution in [3.8, 4) is 0 Å². The summed E-state index contributed by atoms with van der Waals surface area (Å²) in [6, 6.07) is 1.62. The molecule has 72 valence electrons. The van der Waals surface area contributed by atoms with Gasteiger partial charge in [0.05, 0.1) is 7.11 Å². The van der Waals surface area contributed by atoms with Crippen LogP contribution in [0.3, 0.4) is 0 Å². The molecule has 0 aliphatic rings. The second-order valence-corrected chi connectivity index (χ2v) is 2.79. The average molecular weight is 184 g/mol. The number of carbonyl (C=O) groups excluding carboxylic acids is 1. The number of esters is 1. The molecule has 0 saturated heterocycles. The molecule has 0 fully saturated rings. The minimum atomic E-state index is -1.25. The Hall–Kier alpha value is -1.29. The number of hydrogen-bond acceptors (Lipinski definition) is 4. The van der Waals surface area contributed by atoms with E-state index in [-0.39, 0.29) is 0 Å². The van der Waals surface area contributed by atoms with Crippen molar-refractivity contribution in [2.75, 3.05) is 7.11 Å². The van der Waals surface area contributed by atoms with Crippen molar-refractivity contribution in [1.82, 2.24) is 0 Å². The summed E-state index contributed by atoms with van der Waals surface area (Å²) >= 11 is 0. The van der Waals surface area contributed by atoms with Crippen LogP contribution in [-0.2, 0) is 9.53 Å². The minimum absolute atomic E-state index is 0.462. The molecule has 0 bridgehead atoms. The fourth-order valence-electron chi connectivity index (χ4n) is 1.16. The zero-order chi connectivity index (χ0) is 10.0. The fourth-order valence-corrected chi connectivity index (χ4v) is 1.16. The number of ether oxygens (including phenoxy) is 1. The Balaban J connectivity index is 2.94. The molecule has 13 heavy (non-hydrogen) atoms. The molecular formula is C9H12O4. The predicted molar refractivity (Wildman–Crippen MR) is 45.2 cm³/mol. The highest BCUT2D eigenvalue weighted by Crippen LogP contribution is 2.22. The second kappa shape index (κ2) is 3.62. The van der Waals surface area contributed by atoms with E-state index < -0.39 is 12.1 Å². The minimum Gasteiger partial charge on any atom is -0.467 e. The molecule has 1 heterocycles. The Morgan fingerprint density at radius 3 is 2.62 bits per heavy atom.